The number of nitriles is 1. The van der Waals surface area contributed by atoms with E-state index in [0.717, 1.165) is 28.1 Å². The Morgan fingerprint density at radius 3 is 2.45 bits per heavy atom. The van der Waals surface area contributed by atoms with Gasteiger partial charge in [-0.2, -0.15) is 10.4 Å². The van der Waals surface area contributed by atoms with Gasteiger partial charge in [0.25, 0.3) is 5.91 Å². The second-order valence-electron chi connectivity index (χ2n) is 6.46. The molecule has 4 rings (SSSR count). The van der Waals surface area contributed by atoms with Crippen LogP contribution >= 0.6 is 0 Å². The van der Waals surface area contributed by atoms with Crippen molar-refractivity contribution in [2.75, 3.05) is 0 Å². The van der Waals surface area contributed by atoms with E-state index in [1.807, 2.05) is 48.5 Å². The number of benzene rings is 2. The van der Waals surface area contributed by atoms with Crippen LogP contribution < -0.4 is 10.5 Å². The van der Waals surface area contributed by atoms with Gasteiger partial charge < -0.3 is 10.5 Å². The molecule has 0 aliphatic heterocycles. The van der Waals surface area contributed by atoms with Crippen molar-refractivity contribution in [2.45, 2.75) is 13.0 Å². The van der Waals surface area contributed by atoms with Crippen LogP contribution in [0.15, 0.2) is 67.0 Å². The third-order valence-electron chi connectivity index (χ3n) is 4.55. The van der Waals surface area contributed by atoms with Gasteiger partial charge in [-0.3, -0.25) is 4.79 Å². The molecule has 0 atom stereocenters. The summed E-state index contributed by atoms with van der Waals surface area (Å²) in [5, 5.41) is 12.9. The van der Waals surface area contributed by atoms with Crippen LogP contribution in [0.3, 0.4) is 0 Å². The van der Waals surface area contributed by atoms with E-state index < -0.39 is 5.91 Å². The van der Waals surface area contributed by atoms with Gasteiger partial charge in [-0.05, 0) is 35.4 Å². The van der Waals surface area contributed by atoms with E-state index >= 15 is 0 Å². The molecule has 142 valence electrons. The second-order valence-corrected chi connectivity index (χ2v) is 6.46. The number of pyridine rings is 1. The van der Waals surface area contributed by atoms with Crippen LogP contribution in [0.2, 0.25) is 0 Å². The Labute approximate surface area is 167 Å². The van der Waals surface area contributed by atoms with Gasteiger partial charge in [-0.25, -0.2) is 9.50 Å². The first-order valence-corrected chi connectivity index (χ1v) is 8.96. The predicted molar refractivity (Wildman–Crippen MR) is 107 cm³/mol. The summed E-state index contributed by atoms with van der Waals surface area (Å²) in [4.78, 5) is 15.7. The lowest BCUT2D eigenvalue weighted by Crippen LogP contribution is -2.13. The molecule has 0 bridgehead atoms. The lowest BCUT2D eigenvalue weighted by atomic mass is 10.1. The fourth-order valence-corrected chi connectivity index (χ4v) is 3.05. The number of fused-ring (bicyclic) bond motifs is 1. The van der Waals surface area contributed by atoms with Crippen molar-refractivity contribution in [1.82, 2.24) is 14.6 Å². The standard InChI is InChI=1S/C22H17N5O2/c23-12-11-15-3-7-18(8-4-15)29-13-16-1-5-17(6-2-16)20-10-9-19(21(24)28)22-25-14-26-27(20)22/h1-10,14H,11,13H2,(H2,24,28). The summed E-state index contributed by atoms with van der Waals surface area (Å²) in [6, 6.07) is 21.0. The lowest BCUT2D eigenvalue weighted by Gasteiger charge is -2.09. The quantitative estimate of drug-likeness (QED) is 0.550. The van der Waals surface area contributed by atoms with Gasteiger partial charge in [-0.15, -0.1) is 0 Å². The van der Waals surface area contributed by atoms with E-state index in [4.69, 9.17) is 15.7 Å². The molecular weight excluding hydrogens is 366 g/mol. The number of primary amides is 1. The molecule has 0 saturated carbocycles. The first-order valence-electron chi connectivity index (χ1n) is 8.96. The van der Waals surface area contributed by atoms with E-state index in [9.17, 15) is 4.79 Å². The molecule has 7 nitrogen and oxygen atoms in total. The van der Waals surface area contributed by atoms with E-state index in [1.54, 1.807) is 16.6 Å². The Balaban J connectivity index is 1.50. The second kappa shape index (κ2) is 7.82. The monoisotopic (exact) mass is 383 g/mol. The molecule has 2 N–H and O–H groups in total. The first-order chi connectivity index (χ1) is 14.2. The van der Waals surface area contributed by atoms with Gasteiger partial charge in [0.1, 0.15) is 18.7 Å². The van der Waals surface area contributed by atoms with E-state index in [-0.39, 0.29) is 0 Å². The highest BCUT2D eigenvalue weighted by Crippen LogP contribution is 2.23. The number of carbonyl (C=O) groups is 1. The number of rotatable bonds is 6. The summed E-state index contributed by atoms with van der Waals surface area (Å²) in [7, 11) is 0. The van der Waals surface area contributed by atoms with E-state index in [2.05, 4.69) is 16.2 Å². The zero-order valence-corrected chi connectivity index (χ0v) is 15.4. The van der Waals surface area contributed by atoms with Crippen LogP contribution in [0.1, 0.15) is 21.5 Å². The summed E-state index contributed by atoms with van der Waals surface area (Å²) in [5.74, 6) is 0.213. The molecule has 0 aliphatic rings. The first kappa shape index (κ1) is 18.2. The maximum atomic E-state index is 11.6. The number of hydrogen-bond acceptors (Lipinski definition) is 5. The highest BCUT2D eigenvalue weighted by atomic mass is 16.5. The summed E-state index contributed by atoms with van der Waals surface area (Å²) < 4.78 is 7.41. The zero-order chi connectivity index (χ0) is 20.2. The average molecular weight is 383 g/mol. The lowest BCUT2D eigenvalue weighted by molar-refractivity contribution is 0.100. The van der Waals surface area contributed by atoms with Crippen molar-refractivity contribution in [3.05, 3.63) is 83.7 Å². The Bertz CT molecular complexity index is 1200. The van der Waals surface area contributed by atoms with Crippen molar-refractivity contribution in [3.63, 3.8) is 0 Å². The Hall–Kier alpha value is -4.18. The molecule has 2 aromatic carbocycles. The number of nitrogens with zero attached hydrogens (tertiary/aromatic N) is 4. The van der Waals surface area contributed by atoms with E-state index in [1.165, 1.54) is 6.33 Å². The minimum Gasteiger partial charge on any atom is -0.489 e. The molecule has 2 aromatic heterocycles. The minimum atomic E-state index is -0.539. The molecular formula is C22H17N5O2. The van der Waals surface area contributed by atoms with Gasteiger partial charge >= 0.3 is 0 Å². The van der Waals surface area contributed by atoms with Crippen LogP contribution in [0.4, 0.5) is 0 Å². The molecule has 0 aliphatic carbocycles. The van der Waals surface area contributed by atoms with Crippen molar-refractivity contribution >= 4 is 11.6 Å². The number of nitrogens with two attached hydrogens (primary N) is 1. The van der Waals surface area contributed by atoms with Crippen molar-refractivity contribution in [2.24, 2.45) is 5.73 Å². The highest BCUT2D eigenvalue weighted by Gasteiger charge is 2.13. The Morgan fingerprint density at radius 1 is 1.03 bits per heavy atom. The van der Waals surface area contributed by atoms with Crippen molar-refractivity contribution in [3.8, 4) is 23.1 Å². The van der Waals surface area contributed by atoms with Crippen molar-refractivity contribution in [1.29, 1.82) is 5.26 Å². The molecule has 0 saturated heterocycles. The maximum Gasteiger partial charge on any atom is 0.252 e. The summed E-state index contributed by atoms with van der Waals surface area (Å²) >= 11 is 0. The average Bonchev–Trinajstić information content (AvgIpc) is 3.23. The zero-order valence-electron chi connectivity index (χ0n) is 15.4. The minimum absolute atomic E-state index is 0.331. The molecule has 0 fully saturated rings. The third-order valence-corrected chi connectivity index (χ3v) is 4.55. The normalized spacial score (nSPS) is 10.6. The van der Waals surface area contributed by atoms with Crippen LogP contribution in [-0.4, -0.2) is 20.5 Å². The molecule has 1 amide bonds. The number of amides is 1. The Morgan fingerprint density at radius 2 is 1.76 bits per heavy atom. The fraction of sp³-hybridized carbons (Fsp3) is 0.0909. The van der Waals surface area contributed by atoms with E-state index in [0.29, 0.717) is 24.2 Å². The number of ether oxygens (including phenoxy) is 1. The summed E-state index contributed by atoms with van der Waals surface area (Å²) in [5.41, 5.74) is 9.88. The molecule has 29 heavy (non-hydrogen) atoms. The largest absolute Gasteiger partial charge is 0.489 e. The van der Waals surface area contributed by atoms with Crippen LogP contribution in [0, 0.1) is 11.3 Å². The van der Waals surface area contributed by atoms with Crippen LogP contribution in [0.25, 0.3) is 16.9 Å². The SMILES string of the molecule is N#CCc1ccc(OCc2ccc(-c3ccc(C(N)=O)c4ncnn34)cc2)cc1. The molecule has 7 heteroatoms. The third kappa shape index (κ3) is 3.77. The summed E-state index contributed by atoms with van der Waals surface area (Å²) in [6.07, 6.45) is 1.79. The molecule has 0 spiro atoms. The molecule has 0 radical (unpaired) electrons. The van der Waals surface area contributed by atoms with Gasteiger partial charge in [0, 0.05) is 5.56 Å². The maximum absolute atomic E-state index is 11.6. The predicted octanol–water partition coefficient (Wildman–Crippen LogP) is 3.14. The smallest absolute Gasteiger partial charge is 0.252 e. The van der Waals surface area contributed by atoms with Gasteiger partial charge in [0.2, 0.25) is 0 Å². The van der Waals surface area contributed by atoms with Gasteiger partial charge in [-0.1, -0.05) is 36.4 Å². The number of aromatic nitrogens is 3. The molecule has 0 unspecified atom stereocenters. The number of hydrogen-bond donors (Lipinski definition) is 1. The summed E-state index contributed by atoms with van der Waals surface area (Å²) in [6.45, 7) is 0.428. The van der Waals surface area contributed by atoms with Gasteiger partial charge in [0.05, 0.1) is 23.7 Å². The van der Waals surface area contributed by atoms with Crippen molar-refractivity contribution < 1.29 is 9.53 Å². The van der Waals surface area contributed by atoms with Crippen LogP contribution in [-0.2, 0) is 13.0 Å². The topological polar surface area (TPSA) is 106 Å². The molecule has 2 heterocycles. The van der Waals surface area contributed by atoms with Crippen LogP contribution in [0.5, 0.6) is 5.75 Å². The number of carbonyl (C=O) groups excluding carboxylic acids is 1. The van der Waals surface area contributed by atoms with Gasteiger partial charge in [0.15, 0.2) is 5.65 Å². The Kier molecular flexibility index (Phi) is 4.91. The fourth-order valence-electron chi connectivity index (χ4n) is 3.05. The molecule has 4 aromatic rings. The highest BCUT2D eigenvalue weighted by molar-refractivity contribution is 5.99.